The third-order valence-electron chi connectivity index (χ3n) is 1.97. The fourth-order valence-electron chi connectivity index (χ4n) is 0.948. The molecule has 0 atom stereocenters. The van der Waals surface area contributed by atoms with Crippen LogP contribution in [0.25, 0.3) is 0 Å². The van der Waals surface area contributed by atoms with E-state index in [0.717, 1.165) is 0 Å². The molecule has 0 radical (unpaired) electrons. The van der Waals surface area contributed by atoms with E-state index in [2.05, 4.69) is 20.5 Å². The Balaban J connectivity index is 2.49. The van der Waals surface area contributed by atoms with E-state index in [1.54, 1.807) is 14.1 Å². The van der Waals surface area contributed by atoms with Crippen molar-refractivity contribution in [2.24, 2.45) is 0 Å². The molecule has 0 fully saturated rings. The van der Waals surface area contributed by atoms with Gasteiger partial charge in [0.05, 0.1) is 6.54 Å². The summed E-state index contributed by atoms with van der Waals surface area (Å²) in [6.45, 7) is 1.85. The molecule has 7 heteroatoms. The van der Waals surface area contributed by atoms with Crippen molar-refractivity contribution in [2.45, 2.75) is 13.3 Å². The maximum absolute atomic E-state index is 11.5. The van der Waals surface area contributed by atoms with E-state index < -0.39 is 5.91 Å². The molecular weight excluding hydrogens is 210 g/mol. The van der Waals surface area contributed by atoms with Gasteiger partial charge in [0.25, 0.3) is 5.91 Å². The number of aryl methyl sites for hydroxylation is 1. The summed E-state index contributed by atoms with van der Waals surface area (Å²) in [5, 5.41) is 8.81. The first-order valence-electron chi connectivity index (χ1n) is 4.94. The maximum atomic E-state index is 11.5. The topological polar surface area (TPSA) is 91.0 Å². The van der Waals surface area contributed by atoms with Crippen LogP contribution in [-0.4, -0.2) is 52.5 Å². The van der Waals surface area contributed by atoms with Gasteiger partial charge >= 0.3 is 0 Å². The lowest BCUT2D eigenvalue weighted by atomic mass is 10.4. The third-order valence-corrected chi connectivity index (χ3v) is 1.97. The molecule has 0 aliphatic heterocycles. The highest BCUT2D eigenvalue weighted by molar-refractivity contribution is 5.93. The predicted octanol–water partition coefficient (Wildman–Crippen LogP) is -0.815. The summed E-state index contributed by atoms with van der Waals surface area (Å²) in [5.41, 5.74) is 0. The van der Waals surface area contributed by atoms with Gasteiger partial charge in [-0.05, 0) is 0 Å². The maximum Gasteiger partial charge on any atom is 0.291 e. The van der Waals surface area contributed by atoms with Crippen LogP contribution in [0.5, 0.6) is 0 Å². The van der Waals surface area contributed by atoms with E-state index in [-0.39, 0.29) is 18.3 Å². The Labute approximate surface area is 93.2 Å². The number of carbonyl (C=O) groups is 2. The molecule has 0 saturated carbocycles. The van der Waals surface area contributed by atoms with Crippen molar-refractivity contribution in [1.82, 2.24) is 25.4 Å². The molecule has 1 aromatic heterocycles. The molecular formula is C9H15N5O2. The lowest BCUT2D eigenvalue weighted by Gasteiger charge is -2.09. The first-order valence-corrected chi connectivity index (χ1v) is 4.94. The number of amides is 2. The summed E-state index contributed by atoms with van der Waals surface area (Å²) in [6, 6.07) is 0. The number of hydrogen-bond donors (Lipinski definition) is 2. The first kappa shape index (κ1) is 12.2. The van der Waals surface area contributed by atoms with Gasteiger partial charge in [-0.2, -0.15) is 0 Å². The molecule has 2 amide bonds. The summed E-state index contributed by atoms with van der Waals surface area (Å²) in [7, 11) is 3.24. The highest BCUT2D eigenvalue weighted by Crippen LogP contribution is 1.93. The number of likely N-dealkylation sites (N-methyl/N-ethyl adjacent to an activating group) is 1. The Morgan fingerprint density at radius 1 is 1.44 bits per heavy atom. The average Bonchev–Trinajstić information content (AvgIpc) is 2.73. The minimum absolute atomic E-state index is 0.0537. The van der Waals surface area contributed by atoms with Gasteiger partial charge in [0.2, 0.25) is 11.7 Å². The number of nitrogens with zero attached hydrogens (tertiary/aromatic N) is 3. The van der Waals surface area contributed by atoms with Crippen molar-refractivity contribution in [2.75, 3.05) is 20.6 Å². The number of carbonyl (C=O) groups excluding carboxylic acids is 2. The number of aromatic amines is 1. The molecule has 16 heavy (non-hydrogen) atoms. The fourth-order valence-corrected chi connectivity index (χ4v) is 0.948. The van der Waals surface area contributed by atoms with Crippen LogP contribution in [0, 0.1) is 0 Å². The van der Waals surface area contributed by atoms with E-state index in [1.165, 1.54) is 4.90 Å². The summed E-state index contributed by atoms with van der Waals surface area (Å²) in [6.07, 6.45) is 0.677. The van der Waals surface area contributed by atoms with Gasteiger partial charge in [0.1, 0.15) is 5.82 Å². The summed E-state index contributed by atoms with van der Waals surface area (Å²) in [5.74, 6) is 0.0678. The van der Waals surface area contributed by atoms with E-state index in [1.807, 2.05) is 6.92 Å². The number of hydrogen-bond acceptors (Lipinski definition) is 4. The molecule has 1 rings (SSSR count). The number of rotatable bonds is 4. The second-order valence-electron chi connectivity index (χ2n) is 3.43. The third kappa shape index (κ3) is 3.04. The average molecular weight is 225 g/mol. The standard InChI is InChI=1S/C9H15N5O2/c1-4-6-11-8(13-12-6)9(16)10-5-7(15)14(2)3/h4-5H2,1-3H3,(H,10,16)(H,11,12,13). The molecule has 1 aromatic rings. The van der Waals surface area contributed by atoms with Crippen LogP contribution in [0.3, 0.4) is 0 Å². The second-order valence-corrected chi connectivity index (χ2v) is 3.43. The van der Waals surface area contributed by atoms with E-state index in [4.69, 9.17) is 0 Å². The van der Waals surface area contributed by atoms with Gasteiger partial charge in [0, 0.05) is 20.5 Å². The van der Waals surface area contributed by atoms with Crippen LogP contribution >= 0.6 is 0 Å². The minimum atomic E-state index is -0.453. The Bertz CT molecular complexity index is 385. The van der Waals surface area contributed by atoms with Crippen LogP contribution in [-0.2, 0) is 11.2 Å². The quantitative estimate of drug-likeness (QED) is 0.700. The molecule has 0 bridgehead atoms. The van der Waals surface area contributed by atoms with Crippen molar-refractivity contribution < 1.29 is 9.59 Å². The lowest BCUT2D eigenvalue weighted by Crippen LogP contribution is -2.36. The largest absolute Gasteiger partial charge is 0.347 e. The molecule has 2 N–H and O–H groups in total. The Kier molecular flexibility index (Phi) is 3.98. The van der Waals surface area contributed by atoms with E-state index in [0.29, 0.717) is 12.2 Å². The molecule has 0 spiro atoms. The fraction of sp³-hybridized carbons (Fsp3) is 0.556. The van der Waals surface area contributed by atoms with Crippen LogP contribution in [0.15, 0.2) is 0 Å². The second kappa shape index (κ2) is 5.24. The van der Waals surface area contributed by atoms with Gasteiger partial charge in [-0.1, -0.05) is 6.92 Å². The van der Waals surface area contributed by atoms with Gasteiger partial charge in [-0.25, -0.2) is 4.98 Å². The van der Waals surface area contributed by atoms with E-state index >= 15 is 0 Å². The summed E-state index contributed by atoms with van der Waals surface area (Å²) >= 11 is 0. The molecule has 0 aromatic carbocycles. The molecule has 88 valence electrons. The van der Waals surface area contributed by atoms with Crippen molar-refractivity contribution in [3.8, 4) is 0 Å². The zero-order valence-electron chi connectivity index (χ0n) is 9.57. The summed E-state index contributed by atoms with van der Waals surface area (Å²) in [4.78, 5) is 28.0. The molecule has 7 nitrogen and oxygen atoms in total. The highest BCUT2D eigenvalue weighted by Gasteiger charge is 2.13. The molecule has 0 saturated heterocycles. The van der Waals surface area contributed by atoms with Crippen molar-refractivity contribution >= 4 is 11.8 Å². The van der Waals surface area contributed by atoms with Gasteiger partial charge in [-0.3, -0.25) is 14.7 Å². The zero-order chi connectivity index (χ0) is 12.1. The SMILES string of the molecule is CCc1nc(C(=O)NCC(=O)N(C)C)n[nH]1. The zero-order valence-corrected chi connectivity index (χ0v) is 9.57. The van der Waals surface area contributed by atoms with Crippen LogP contribution in [0.4, 0.5) is 0 Å². The molecule has 0 aliphatic rings. The van der Waals surface area contributed by atoms with Crippen molar-refractivity contribution in [3.05, 3.63) is 11.6 Å². The Morgan fingerprint density at radius 3 is 2.62 bits per heavy atom. The Hall–Kier alpha value is -1.92. The smallest absolute Gasteiger partial charge is 0.291 e. The number of H-pyrrole nitrogens is 1. The molecule has 1 heterocycles. The van der Waals surface area contributed by atoms with Gasteiger partial charge < -0.3 is 10.2 Å². The first-order chi connectivity index (χ1) is 7.54. The molecule has 0 unspecified atom stereocenters. The van der Waals surface area contributed by atoms with Crippen LogP contribution in [0.1, 0.15) is 23.4 Å². The van der Waals surface area contributed by atoms with Crippen LogP contribution < -0.4 is 5.32 Å². The van der Waals surface area contributed by atoms with Gasteiger partial charge in [-0.15, -0.1) is 5.10 Å². The molecule has 0 aliphatic carbocycles. The number of aromatic nitrogens is 3. The monoisotopic (exact) mass is 225 g/mol. The van der Waals surface area contributed by atoms with Crippen molar-refractivity contribution in [3.63, 3.8) is 0 Å². The minimum Gasteiger partial charge on any atom is -0.347 e. The van der Waals surface area contributed by atoms with Crippen LogP contribution in [0.2, 0.25) is 0 Å². The predicted molar refractivity (Wildman–Crippen MR) is 56.8 cm³/mol. The van der Waals surface area contributed by atoms with Crippen molar-refractivity contribution in [1.29, 1.82) is 0 Å². The normalized spacial score (nSPS) is 9.94. The lowest BCUT2D eigenvalue weighted by molar-refractivity contribution is -0.127. The van der Waals surface area contributed by atoms with E-state index in [9.17, 15) is 9.59 Å². The Morgan fingerprint density at radius 2 is 2.12 bits per heavy atom. The number of nitrogens with one attached hydrogen (secondary N) is 2. The van der Waals surface area contributed by atoms with Gasteiger partial charge in [0.15, 0.2) is 0 Å². The summed E-state index contributed by atoms with van der Waals surface area (Å²) < 4.78 is 0. The highest BCUT2D eigenvalue weighted by atomic mass is 16.2.